The third kappa shape index (κ3) is 7.64. The van der Waals surface area contributed by atoms with E-state index in [2.05, 4.69) is 41.5 Å². The zero-order valence-corrected chi connectivity index (χ0v) is 44.3. The monoisotopic (exact) mass is 1170 g/mol. The van der Waals surface area contributed by atoms with E-state index in [0.29, 0.717) is 17.6 Å². The zero-order valence-electron chi connectivity index (χ0n) is 33.8. The third-order valence-electron chi connectivity index (χ3n) is 14.2. The number of benzene rings is 1. The first-order chi connectivity index (χ1) is 23.4. The van der Waals surface area contributed by atoms with Crippen LogP contribution in [-0.2, 0) is 18.3 Å². The van der Waals surface area contributed by atoms with E-state index < -0.39 is 87.5 Å². The van der Waals surface area contributed by atoms with E-state index in [-0.39, 0.29) is 101 Å². The van der Waals surface area contributed by atoms with Crippen LogP contribution >= 0.6 is 0 Å². The molecule has 1 aliphatic heterocycles. The standard InChI is InChI=1S/C39H64O8Si2.2Ac/c1-11-48(12-2,13-3)46-28-24-29-38(42,25-44-29)32-34(45-35(41)27-20-18-17-19-21-27)39(43)23-22-26(7)30(36(39,8)9)31(33(40)37(28,32)10)47-49(14-4,15-5)16-6;;/h17-21,28-29,31-34,40,42-43H,11-16,22-25H2,1-10H3;;/t28-,29+,31+,32?,33+,34-,37+,38-,39+;;/m0../s1/i22T;;/t22-,28-,29+,31+,32?,33+,34-,37+,38-,39+;;. The fraction of sp³-hybridized carbons (Fsp3) is 0.769. The molecule has 2 radical (unpaired) electrons. The van der Waals surface area contributed by atoms with Crippen molar-refractivity contribution in [1.29, 1.82) is 0 Å². The maximum absolute atomic E-state index is 14.1. The smallest absolute Gasteiger partial charge is 0.338 e. The molecule has 1 aromatic rings. The van der Waals surface area contributed by atoms with Crippen LogP contribution in [0.4, 0.5) is 0 Å². The van der Waals surface area contributed by atoms with Crippen molar-refractivity contribution in [2.45, 2.75) is 166 Å². The number of hydrogen-bond acceptors (Lipinski definition) is 8. The number of carbonyl (C=O) groups is 1. The summed E-state index contributed by atoms with van der Waals surface area (Å²) >= 11 is 0. The number of aliphatic hydroxyl groups excluding tert-OH is 1. The SMILES string of the molecule is [3H][C@H]1C[C@@]2(O)[C@@H](OC(=O)c3ccccc3)C3[C@@](C)([C@@H](O[Si](CC)(CC)CC)C[C@H]4OC[C@@]34O)[C@H](O)[C@H](O[Si](CC)(CC)CC)C(=C1C)C2(C)C.[Ac].[Ac]. The van der Waals surface area contributed by atoms with Gasteiger partial charge in [-0.3, -0.25) is 0 Å². The van der Waals surface area contributed by atoms with E-state index in [1.54, 1.807) is 24.3 Å². The number of fused-ring (bicyclic) bond motifs is 5. The average Bonchev–Trinajstić information content (AvgIpc) is 3.11. The first kappa shape index (κ1) is 45.2. The molecule has 1 saturated heterocycles. The summed E-state index contributed by atoms with van der Waals surface area (Å²) in [5.74, 6) is -1.63. The van der Waals surface area contributed by atoms with Gasteiger partial charge in [0.25, 0.3) is 0 Å². The van der Waals surface area contributed by atoms with Gasteiger partial charge in [0.15, 0.2) is 16.6 Å². The van der Waals surface area contributed by atoms with Gasteiger partial charge in [-0.25, -0.2) is 4.79 Å². The number of aliphatic hydroxyl groups is 3. The Morgan fingerprint density at radius 2 is 1.45 bits per heavy atom. The van der Waals surface area contributed by atoms with Crippen molar-refractivity contribution in [3.63, 3.8) is 0 Å². The number of allylic oxidation sites excluding steroid dienone is 1. The van der Waals surface area contributed by atoms with E-state index in [0.717, 1.165) is 41.8 Å². The summed E-state index contributed by atoms with van der Waals surface area (Å²) in [6.45, 7) is 20.7. The molecule has 0 spiro atoms. The fourth-order valence-electron chi connectivity index (χ4n) is 10.1. The molecule has 4 aliphatic rings. The second-order valence-corrected chi connectivity index (χ2v) is 25.6. The normalized spacial score (nSPS) is 37.6. The van der Waals surface area contributed by atoms with E-state index in [4.69, 9.17) is 18.3 Å². The minimum absolute atomic E-state index is 0. The minimum atomic E-state index is -2.42. The van der Waals surface area contributed by atoms with Crippen molar-refractivity contribution in [2.24, 2.45) is 16.7 Å². The average molecular weight is 1170 g/mol. The van der Waals surface area contributed by atoms with E-state index >= 15 is 0 Å². The Labute approximate surface area is 382 Å². The molecule has 5 rings (SSSR count). The Balaban J connectivity index is 0.00000364. The molecule has 0 amide bonds. The quantitative estimate of drug-likeness (QED) is 0.113. The molecule has 1 heterocycles. The zero-order chi connectivity index (χ0) is 37.1. The van der Waals surface area contributed by atoms with Gasteiger partial charge in [0.05, 0.1) is 36.6 Å². The number of ether oxygens (including phenoxy) is 2. The van der Waals surface area contributed by atoms with Crippen molar-refractivity contribution in [3.05, 3.63) is 47.0 Å². The maximum Gasteiger partial charge on any atom is 0.338 e. The first-order valence-electron chi connectivity index (χ1n) is 19.5. The van der Waals surface area contributed by atoms with Gasteiger partial charge in [0, 0.05) is 113 Å². The van der Waals surface area contributed by atoms with Crippen LogP contribution in [0.5, 0.6) is 0 Å². The van der Waals surface area contributed by atoms with Gasteiger partial charge >= 0.3 is 5.97 Å². The minimum Gasteiger partial charge on any atom is -0.455 e. The molecule has 3 N–H and O–H groups in total. The van der Waals surface area contributed by atoms with Crippen molar-refractivity contribution >= 4 is 22.6 Å². The molecule has 1 aromatic carbocycles. The van der Waals surface area contributed by atoms with Crippen LogP contribution in [0.15, 0.2) is 41.5 Å². The summed E-state index contributed by atoms with van der Waals surface area (Å²) < 4.78 is 36.9. The fourth-order valence-corrected chi connectivity index (χ4v) is 15.8. The molecule has 8 nitrogen and oxygen atoms in total. The summed E-state index contributed by atoms with van der Waals surface area (Å²) in [4.78, 5) is 14.1. The molecule has 282 valence electrons. The molecule has 10 atom stereocenters. The molecule has 3 fully saturated rings. The largest absolute Gasteiger partial charge is 0.455 e. The van der Waals surface area contributed by atoms with Crippen LogP contribution in [0, 0.1) is 105 Å². The van der Waals surface area contributed by atoms with Crippen LogP contribution < -0.4 is 0 Å². The Hall–Kier alpha value is 1.51. The summed E-state index contributed by atoms with van der Waals surface area (Å²) in [6.07, 6.45) is -5.10. The Morgan fingerprint density at radius 3 is 1.94 bits per heavy atom. The van der Waals surface area contributed by atoms with Crippen LogP contribution in [0.1, 0.15) is 100 Å². The van der Waals surface area contributed by atoms with Gasteiger partial charge in [-0.2, -0.15) is 0 Å². The number of carbonyl (C=O) groups excluding carboxylic acids is 1. The maximum atomic E-state index is 14.1. The predicted molar refractivity (Wildman–Crippen MR) is 197 cm³/mol. The van der Waals surface area contributed by atoms with E-state index in [1.807, 2.05) is 33.8 Å². The molecule has 2 bridgehead atoms. The van der Waals surface area contributed by atoms with Crippen LogP contribution in [0.3, 0.4) is 0 Å². The molecule has 12 heteroatoms. The van der Waals surface area contributed by atoms with Gasteiger partial charge in [0.2, 0.25) is 0 Å². The molecular formula is C39H64Ac2O8Si2. The van der Waals surface area contributed by atoms with Gasteiger partial charge in [-0.05, 0) is 73.7 Å². The number of rotatable bonds is 12. The summed E-state index contributed by atoms with van der Waals surface area (Å²) in [6, 6.07) is 13.9. The Kier molecular flexibility index (Phi) is 15.6. The second kappa shape index (κ2) is 17.6. The van der Waals surface area contributed by atoms with Gasteiger partial charge in [0.1, 0.15) is 17.3 Å². The Bertz CT molecular complexity index is 1410. The van der Waals surface area contributed by atoms with Gasteiger partial charge < -0.3 is 33.6 Å². The molecule has 3 aliphatic carbocycles. The van der Waals surface area contributed by atoms with Crippen molar-refractivity contribution in [3.8, 4) is 0 Å². The topological polar surface area (TPSA) is 115 Å². The van der Waals surface area contributed by atoms with Crippen LogP contribution in [-0.4, -0.2) is 86.3 Å². The molecular weight excluding hydrogens is 1110 g/mol. The first-order valence-corrected chi connectivity index (χ1v) is 24.0. The van der Waals surface area contributed by atoms with Crippen LogP contribution in [0.2, 0.25) is 36.3 Å². The molecule has 51 heavy (non-hydrogen) atoms. The summed E-state index contributed by atoms with van der Waals surface area (Å²) in [7, 11) is -4.75. The van der Waals surface area contributed by atoms with Crippen molar-refractivity contribution < 1.29 is 128 Å². The van der Waals surface area contributed by atoms with E-state index in [9.17, 15) is 21.5 Å². The summed E-state index contributed by atoms with van der Waals surface area (Å²) in [5.41, 5.74) is -3.93. The Morgan fingerprint density at radius 1 is 0.922 bits per heavy atom. The molecule has 0 aromatic heterocycles. The number of esters is 1. The van der Waals surface area contributed by atoms with Gasteiger partial charge in [-0.15, -0.1) is 0 Å². The second-order valence-electron chi connectivity index (χ2n) is 16.2. The third-order valence-corrected chi connectivity index (χ3v) is 23.4. The van der Waals surface area contributed by atoms with Crippen molar-refractivity contribution in [2.75, 3.05) is 6.61 Å². The van der Waals surface area contributed by atoms with Crippen LogP contribution in [0.25, 0.3) is 0 Å². The summed E-state index contributed by atoms with van der Waals surface area (Å²) in [5, 5.41) is 39.7. The number of hydrogen-bond donors (Lipinski definition) is 3. The predicted octanol–water partition coefficient (Wildman–Crippen LogP) is 7.39. The van der Waals surface area contributed by atoms with Gasteiger partial charge in [-0.1, -0.05) is 86.1 Å². The molecule has 1 unspecified atom stereocenters. The molecule has 2 saturated carbocycles. The van der Waals surface area contributed by atoms with E-state index in [1.165, 1.54) is 0 Å². The van der Waals surface area contributed by atoms with Crippen molar-refractivity contribution in [1.82, 2.24) is 0 Å².